The van der Waals surface area contributed by atoms with Crippen molar-refractivity contribution in [1.29, 1.82) is 0 Å². The van der Waals surface area contributed by atoms with Crippen LogP contribution in [-0.2, 0) is 5.60 Å². The Morgan fingerprint density at radius 2 is 1.12 bits per heavy atom. The van der Waals surface area contributed by atoms with Crippen LogP contribution >= 0.6 is 23.2 Å². The first-order chi connectivity index (χ1) is 15.6. The summed E-state index contributed by atoms with van der Waals surface area (Å²) in [5.74, 6) is 6.43. The van der Waals surface area contributed by atoms with Crippen LogP contribution in [0.2, 0.25) is 10.0 Å². The molecule has 0 fully saturated rings. The smallest absolute Gasteiger partial charge is 0.148 e. The Hall–Kier alpha value is -3.28. The molecule has 0 radical (unpaired) electrons. The molecule has 0 atom stereocenters. The van der Waals surface area contributed by atoms with E-state index in [4.69, 9.17) is 23.2 Å². The molecule has 0 aromatic heterocycles. The van der Waals surface area contributed by atoms with Gasteiger partial charge in [-0.15, -0.1) is 0 Å². The molecule has 0 amide bonds. The lowest BCUT2D eigenvalue weighted by molar-refractivity contribution is 0.127. The van der Waals surface area contributed by atoms with Crippen LogP contribution < -0.4 is 0 Å². The molecule has 1 N–H and O–H groups in total. The first-order valence-electron chi connectivity index (χ1n) is 10.1. The Labute approximate surface area is 198 Å². The van der Waals surface area contributed by atoms with Gasteiger partial charge in [0.15, 0.2) is 0 Å². The maximum Gasteiger partial charge on any atom is 0.148 e. The number of aliphatic hydroxyl groups is 1. The predicted octanol–water partition coefficient (Wildman–Crippen LogP) is 7.36. The van der Waals surface area contributed by atoms with Gasteiger partial charge in [0, 0.05) is 21.2 Å². The molecule has 0 aliphatic carbocycles. The number of rotatable bonds is 4. The molecule has 0 bridgehead atoms. The number of halogens is 2. The molecule has 1 nitrogen and oxygen atoms in total. The zero-order valence-corrected chi connectivity index (χ0v) is 18.7. The summed E-state index contributed by atoms with van der Waals surface area (Å²) < 4.78 is 0. The Morgan fingerprint density at radius 1 is 0.656 bits per heavy atom. The fourth-order valence-electron chi connectivity index (χ4n) is 3.47. The van der Waals surface area contributed by atoms with Crippen molar-refractivity contribution in [3.05, 3.63) is 147 Å². The molecule has 4 rings (SSSR count). The standard InChI is InChI=1S/C29H20Cl2O/c30-27-17-12-22(13-18-27)11-16-26(21-23-14-19-28(31)20-15-23)29(32,24-7-3-1-4-8-24)25-9-5-2-6-10-25/h1-10,12-15,17-21,32H/b26-21+. The van der Waals surface area contributed by atoms with Crippen LogP contribution in [0.15, 0.2) is 115 Å². The van der Waals surface area contributed by atoms with Crippen LogP contribution in [-0.4, -0.2) is 5.11 Å². The molecule has 156 valence electrons. The third-order valence-corrected chi connectivity index (χ3v) is 5.64. The quantitative estimate of drug-likeness (QED) is 0.319. The van der Waals surface area contributed by atoms with Crippen molar-refractivity contribution < 1.29 is 5.11 Å². The normalized spacial score (nSPS) is 11.5. The number of benzene rings is 4. The van der Waals surface area contributed by atoms with Gasteiger partial charge in [-0.2, -0.15) is 0 Å². The van der Waals surface area contributed by atoms with E-state index in [1.807, 2.05) is 103 Å². The van der Waals surface area contributed by atoms with Crippen molar-refractivity contribution in [2.45, 2.75) is 5.60 Å². The molecule has 4 aromatic rings. The van der Waals surface area contributed by atoms with Gasteiger partial charge in [-0.05, 0) is 59.2 Å². The molecule has 0 heterocycles. The van der Waals surface area contributed by atoms with Gasteiger partial charge in [0.05, 0.1) is 0 Å². The fraction of sp³-hybridized carbons (Fsp3) is 0.0345. The third kappa shape index (κ3) is 4.96. The van der Waals surface area contributed by atoms with E-state index in [-0.39, 0.29) is 0 Å². The second kappa shape index (κ2) is 9.90. The lowest BCUT2D eigenvalue weighted by Crippen LogP contribution is -2.29. The molecule has 0 spiro atoms. The summed E-state index contributed by atoms with van der Waals surface area (Å²) in [6.07, 6.45) is 1.90. The topological polar surface area (TPSA) is 20.2 Å². The molecule has 0 aliphatic rings. The van der Waals surface area contributed by atoms with Crippen molar-refractivity contribution in [3.63, 3.8) is 0 Å². The monoisotopic (exact) mass is 454 g/mol. The van der Waals surface area contributed by atoms with Crippen LogP contribution in [0, 0.1) is 11.8 Å². The fourth-order valence-corrected chi connectivity index (χ4v) is 3.72. The lowest BCUT2D eigenvalue weighted by atomic mass is 9.79. The Morgan fingerprint density at radius 3 is 1.62 bits per heavy atom. The Bertz CT molecular complexity index is 1230. The van der Waals surface area contributed by atoms with Crippen LogP contribution in [0.4, 0.5) is 0 Å². The van der Waals surface area contributed by atoms with Gasteiger partial charge in [-0.3, -0.25) is 0 Å². The summed E-state index contributed by atoms with van der Waals surface area (Å²) >= 11 is 12.1. The van der Waals surface area contributed by atoms with E-state index in [0.29, 0.717) is 15.6 Å². The average Bonchev–Trinajstić information content (AvgIpc) is 2.84. The highest BCUT2D eigenvalue weighted by atomic mass is 35.5. The van der Waals surface area contributed by atoms with Crippen LogP contribution in [0.3, 0.4) is 0 Å². The van der Waals surface area contributed by atoms with E-state index in [9.17, 15) is 5.11 Å². The molecular formula is C29H20Cl2O. The molecule has 0 saturated carbocycles. The number of hydrogen-bond donors (Lipinski definition) is 1. The first kappa shape index (κ1) is 21.9. The van der Waals surface area contributed by atoms with Crippen molar-refractivity contribution >= 4 is 29.3 Å². The minimum atomic E-state index is -1.44. The van der Waals surface area contributed by atoms with Crippen LogP contribution in [0.1, 0.15) is 22.3 Å². The van der Waals surface area contributed by atoms with Gasteiger partial charge in [-0.25, -0.2) is 0 Å². The van der Waals surface area contributed by atoms with Crippen molar-refractivity contribution in [1.82, 2.24) is 0 Å². The van der Waals surface area contributed by atoms with Crippen LogP contribution in [0.25, 0.3) is 6.08 Å². The summed E-state index contributed by atoms with van der Waals surface area (Å²) in [7, 11) is 0. The van der Waals surface area contributed by atoms with Crippen molar-refractivity contribution in [3.8, 4) is 11.8 Å². The molecule has 0 saturated heterocycles. The van der Waals surface area contributed by atoms with Gasteiger partial charge < -0.3 is 5.11 Å². The zero-order chi connectivity index (χ0) is 22.4. The molecule has 0 unspecified atom stereocenters. The molecule has 0 aliphatic heterocycles. The van der Waals surface area contributed by atoms with E-state index in [2.05, 4.69) is 11.8 Å². The first-order valence-corrected chi connectivity index (χ1v) is 10.9. The maximum atomic E-state index is 12.2. The van der Waals surface area contributed by atoms with Crippen molar-refractivity contribution in [2.75, 3.05) is 0 Å². The van der Waals surface area contributed by atoms with Gasteiger partial charge in [0.1, 0.15) is 5.60 Å². The summed E-state index contributed by atoms with van der Waals surface area (Å²) in [4.78, 5) is 0. The van der Waals surface area contributed by atoms with E-state index < -0.39 is 5.60 Å². The van der Waals surface area contributed by atoms with E-state index in [0.717, 1.165) is 22.3 Å². The predicted molar refractivity (Wildman–Crippen MR) is 134 cm³/mol. The third-order valence-electron chi connectivity index (χ3n) is 5.14. The van der Waals surface area contributed by atoms with E-state index in [1.165, 1.54) is 0 Å². The highest BCUT2D eigenvalue weighted by Crippen LogP contribution is 2.37. The van der Waals surface area contributed by atoms with E-state index >= 15 is 0 Å². The molecule has 3 heteroatoms. The maximum absolute atomic E-state index is 12.2. The van der Waals surface area contributed by atoms with Gasteiger partial charge >= 0.3 is 0 Å². The molecule has 32 heavy (non-hydrogen) atoms. The Kier molecular flexibility index (Phi) is 6.78. The summed E-state index contributed by atoms with van der Waals surface area (Å²) in [5, 5.41) is 13.5. The molecule has 4 aromatic carbocycles. The second-order valence-corrected chi connectivity index (χ2v) is 8.18. The largest absolute Gasteiger partial charge is 0.375 e. The Balaban J connectivity index is 1.93. The van der Waals surface area contributed by atoms with Crippen molar-refractivity contribution in [2.24, 2.45) is 0 Å². The van der Waals surface area contributed by atoms with Gasteiger partial charge in [0.25, 0.3) is 0 Å². The minimum absolute atomic E-state index is 0.548. The second-order valence-electron chi connectivity index (χ2n) is 7.31. The van der Waals surface area contributed by atoms with Gasteiger partial charge in [0.2, 0.25) is 0 Å². The highest BCUT2D eigenvalue weighted by molar-refractivity contribution is 6.30. The average molecular weight is 455 g/mol. The number of hydrogen-bond acceptors (Lipinski definition) is 1. The lowest BCUT2D eigenvalue weighted by Gasteiger charge is -2.30. The zero-order valence-electron chi connectivity index (χ0n) is 17.2. The van der Waals surface area contributed by atoms with Gasteiger partial charge in [-0.1, -0.05) is 108 Å². The summed E-state index contributed by atoms with van der Waals surface area (Å²) in [6, 6.07) is 33.9. The van der Waals surface area contributed by atoms with E-state index in [1.54, 1.807) is 12.1 Å². The summed E-state index contributed by atoms with van der Waals surface area (Å²) in [5.41, 5.74) is 2.27. The summed E-state index contributed by atoms with van der Waals surface area (Å²) in [6.45, 7) is 0. The molecular weight excluding hydrogens is 435 g/mol. The highest BCUT2D eigenvalue weighted by Gasteiger charge is 2.35. The SMILES string of the molecule is OC(/C(C#Cc1ccc(Cl)cc1)=C/c1ccc(Cl)cc1)(c1ccccc1)c1ccccc1. The van der Waals surface area contributed by atoms with Crippen LogP contribution in [0.5, 0.6) is 0 Å². The minimum Gasteiger partial charge on any atom is -0.375 e.